The first-order valence-electron chi connectivity index (χ1n) is 6.29. The lowest BCUT2D eigenvalue weighted by atomic mass is 10.0. The smallest absolute Gasteiger partial charge is 0.305 e. The van der Waals surface area contributed by atoms with Gasteiger partial charge in [0, 0.05) is 24.8 Å². The Kier molecular flexibility index (Phi) is 5.24. The molecule has 0 radical (unpaired) electrons. The fraction of sp³-hybridized carbons (Fsp3) is 0.500. The summed E-state index contributed by atoms with van der Waals surface area (Å²) in [6.45, 7) is 0. The zero-order chi connectivity index (χ0) is 13.7. The highest BCUT2D eigenvalue weighted by molar-refractivity contribution is 7.99. The van der Waals surface area contributed by atoms with Crippen molar-refractivity contribution in [2.45, 2.75) is 41.8 Å². The summed E-state index contributed by atoms with van der Waals surface area (Å²) >= 11 is 1.62. The van der Waals surface area contributed by atoms with E-state index in [4.69, 9.17) is 14.6 Å². The Labute approximate surface area is 117 Å². The van der Waals surface area contributed by atoms with E-state index in [1.807, 2.05) is 30.3 Å². The van der Waals surface area contributed by atoms with Gasteiger partial charge >= 0.3 is 5.97 Å². The minimum atomic E-state index is -0.829. The number of benzene rings is 1. The number of rotatable bonds is 5. The minimum absolute atomic E-state index is 0.0334. The lowest BCUT2D eigenvalue weighted by Gasteiger charge is -2.33. The molecule has 1 aliphatic heterocycles. The molecule has 104 valence electrons. The molecule has 0 aromatic heterocycles. The van der Waals surface area contributed by atoms with Crippen molar-refractivity contribution < 1.29 is 19.4 Å². The van der Waals surface area contributed by atoms with E-state index < -0.39 is 5.97 Å². The Balaban J connectivity index is 1.97. The van der Waals surface area contributed by atoms with E-state index in [1.165, 1.54) is 0 Å². The van der Waals surface area contributed by atoms with Crippen LogP contribution in [0.2, 0.25) is 0 Å². The van der Waals surface area contributed by atoms with Crippen LogP contribution in [0.3, 0.4) is 0 Å². The molecule has 0 saturated carbocycles. The maximum absolute atomic E-state index is 10.8. The standard InChI is InChI=1S/C14H18O4S/c1-17-10-7-11(8-13(15)16)18-14(9-10)19-12-5-3-2-4-6-12/h2-6,10-11,14H,7-9H2,1H3,(H,15,16)/t10-,11-,14-/m0/s1. The quantitative estimate of drug-likeness (QED) is 0.900. The Hall–Kier alpha value is -1.04. The van der Waals surface area contributed by atoms with Gasteiger partial charge in [-0.3, -0.25) is 4.79 Å². The Morgan fingerprint density at radius 3 is 2.79 bits per heavy atom. The van der Waals surface area contributed by atoms with Gasteiger partial charge in [-0.15, -0.1) is 0 Å². The number of hydrogen-bond donors (Lipinski definition) is 1. The third-order valence-corrected chi connectivity index (χ3v) is 4.18. The van der Waals surface area contributed by atoms with E-state index in [-0.39, 0.29) is 24.1 Å². The van der Waals surface area contributed by atoms with E-state index >= 15 is 0 Å². The van der Waals surface area contributed by atoms with E-state index in [9.17, 15) is 4.79 Å². The first-order chi connectivity index (χ1) is 9.17. The van der Waals surface area contributed by atoms with Crippen molar-refractivity contribution in [3.05, 3.63) is 30.3 Å². The summed E-state index contributed by atoms with van der Waals surface area (Å²) < 4.78 is 11.2. The van der Waals surface area contributed by atoms with Crippen molar-refractivity contribution in [2.75, 3.05) is 7.11 Å². The Bertz CT molecular complexity index is 409. The molecule has 1 heterocycles. The van der Waals surface area contributed by atoms with Crippen molar-refractivity contribution in [1.82, 2.24) is 0 Å². The van der Waals surface area contributed by atoms with Crippen molar-refractivity contribution >= 4 is 17.7 Å². The zero-order valence-corrected chi connectivity index (χ0v) is 11.6. The van der Waals surface area contributed by atoms with Gasteiger partial charge in [0.15, 0.2) is 0 Å². The third kappa shape index (κ3) is 4.53. The molecule has 3 atom stereocenters. The fourth-order valence-corrected chi connectivity index (χ4v) is 3.32. The SMILES string of the molecule is CO[C@H]1C[C@@H](CC(=O)O)O[C@@H](Sc2ccccc2)C1. The molecule has 0 bridgehead atoms. The number of thioether (sulfide) groups is 1. The second kappa shape index (κ2) is 6.93. The average Bonchev–Trinajstić information content (AvgIpc) is 2.38. The minimum Gasteiger partial charge on any atom is -0.481 e. The van der Waals surface area contributed by atoms with Crippen LogP contribution in [-0.4, -0.2) is 35.8 Å². The molecule has 1 aromatic rings. The van der Waals surface area contributed by atoms with Crippen LogP contribution in [-0.2, 0) is 14.3 Å². The van der Waals surface area contributed by atoms with Crippen molar-refractivity contribution in [3.63, 3.8) is 0 Å². The third-order valence-electron chi connectivity index (χ3n) is 3.07. The lowest BCUT2D eigenvalue weighted by molar-refractivity contribution is -0.144. The summed E-state index contributed by atoms with van der Waals surface area (Å²) in [5, 5.41) is 8.87. The monoisotopic (exact) mass is 282 g/mol. The van der Waals surface area contributed by atoms with Gasteiger partial charge in [-0.1, -0.05) is 30.0 Å². The number of carboxylic acids is 1. The molecule has 0 aliphatic carbocycles. The van der Waals surface area contributed by atoms with Crippen LogP contribution in [0.5, 0.6) is 0 Å². The second-order valence-electron chi connectivity index (χ2n) is 4.55. The first-order valence-corrected chi connectivity index (χ1v) is 7.17. The summed E-state index contributed by atoms with van der Waals surface area (Å²) in [6, 6.07) is 9.98. The van der Waals surface area contributed by atoms with Crippen molar-refractivity contribution in [3.8, 4) is 0 Å². The van der Waals surface area contributed by atoms with Crippen LogP contribution in [0.25, 0.3) is 0 Å². The molecule has 0 spiro atoms. The fourth-order valence-electron chi connectivity index (χ4n) is 2.18. The van der Waals surface area contributed by atoms with Crippen molar-refractivity contribution in [1.29, 1.82) is 0 Å². The van der Waals surface area contributed by atoms with Gasteiger partial charge in [0.25, 0.3) is 0 Å². The van der Waals surface area contributed by atoms with Crippen LogP contribution in [0.15, 0.2) is 35.2 Å². The molecule has 1 fully saturated rings. The largest absolute Gasteiger partial charge is 0.481 e. The molecule has 2 rings (SSSR count). The summed E-state index contributed by atoms with van der Waals surface area (Å²) in [7, 11) is 1.66. The Morgan fingerprint density at radius 2 is 2.16 bits per heavy atom. The highest BCUT2D eigenvalue weighted by Gasteiger charge is 2.31. The molecule has 1 aromatic carbocycles. The molecular weight excluding hydrogens is 264 g/mol. The predicted molar refractivity (Wildman–Crippen MR) is 73.2 cm³/mol. The molecule has 19 heavy (non-hydrogen) atoms. The maximum Gasteiger partial charge on any atom is 0.305 e. The van der Waals surface area contributed by atoms with Gasteiger partial charge in [0.05, 0.1) is 18.6 Å². The normalized spacial score (nSPS) is 27.1. The molecule has 0 unspecified atom stereocenters. The lowest BCUT2D eigenvalue weighted by Crippen LogP contribution is -2.36. The average molecular weight is 282 g/mol. The number of methoxy groups -OCH3 is 1. The van der Waals surface area contributed by atoms with Crippen LogP contribution in [0.1, 0.15) is 19.3 Å². The molecule has 5 heteroatoms. The van der Waals surface area contributed by atoms with Crippen LogP contribution in [0, 0.1) is 0 Å². The van der Waals surface area contributed by atoms with Crippen LogP contribution >= 0.6 is 11.8 Å². The molecule has 4 nitrogen and oxygen atoms in total. The van der Waals surface area contributed by atoms with E-state index in [0.717, 1.165) is 11.3 Å². The summed E-state index contributed by atoms with van der Waals surface area (Å²) in [4.78, 5) is 11.9. The van der Waals surface area contributed by atoms with E-state index in [0.29, 0.717) is 6.42 Å². The molecule has 1 saturated heterocycles. The molecule has 0 amide bonds. The van der Waals surface area contributed by atoms with Gasteiger partial charge in [-0.25, -0.2) is 0 Å². The molecule has 1 aliphatic rings. The first kappa shape index (κ1) is 14.4. The van der Waals surface area contributed by atoms with Gasteiger partial charge in [0.1, 0.15) is 5.44 Å². The number of carboxylic acid groups (broad SMARTS) is 1. The molecule has 1 N–H and O–H groups in total. The summed E-state index contributed by atoms with van der Waals surface area (Å²) in [6.07, 6.45) is 1.27. The highest BCUT2D eigenvalue weighted by Crippen LogP contribution is 2.34. The van der Waals surface area contributed by atoms with Gasteiger partial charge in [0.2, 0.25) is 0 Å². The highest BCUT2D eigenvalue weighted by atomic mass is 32.2. The van der Waals surface area contributed by atoms with Crippen LogP contribution < -0.4 is 0 Å². The van der Waals surface area contributed by atoms with Gasteiger partial charge in [-0.05, 0) is 12.1 Å². The van der Waals surface area contributed by atoms with E-state index in [2.05, 4.69) is 0 Å². The topological polar surface area (TPSA) is 55.8 Å². The zero-order valence-electron chi connectivity index (χ0n) is 10.8. The maximum atomic E-state index is 10.8. The second-order valence-corrected chi connectivity index (χ2v) is 5.78. The number of carbonyl (C=O) groups is 1. The Morgan fingerprint density at radius 1 is 1.42 bits per heavy atom. The summed E-state index contributed by atoms with van der Waals surface area (Å²) in [5.74, 6) is -0.829. The number of aliphatic carboxylic acids is 1. The predicted octanol–water partition coefficient (Wildman–Crippen LogP) is 2.77. The summed E-state index contributed by atoms with van der Waals surface area (Å²) in [5.41, 5.74) is -0.0505. The molecular formula is C14H18O4S. The van der Waals surface area contributed by atoms with Gasteiger partial charge in [-0.2, -0.15) is 0 Å². The number of hydrogen-bond acceptors (Lipinski definition) is 4. The number of ether oxygens (including phenoxy) is 2. The van der Waals surface area contributed by atoms with E-state index in [1.54, 1.807) is 18.9 Å². The van der Waals surface area contributed by atoms with Crippen LogP contribution in [0.4, 0.5) is 0 Å². The van der Waals surface area contributed by atoms with Gasteiger partial charge < -0.3 is 14.6 Å². The van der Waals surface area contributed by atoms with Crippen molar-refractivity contribution in [2.24, 2.45) is 0 Å².